The standard InChI is InChI=1S/C16H17N4O5P/c21-20(22)14-7-5-13(6-8-14)19-26(23,17-11-15-3-1-9-24-15)18-12-16-4-2-10-25-16/h1-10H,11-12H2,(H3,17,18,19,23). The Morgan fingerprint density at radius 1 is 0.923 bits per heavy atom. The molecule has 0 fully saturated rings. The number of anilines is 1. The highest BCUT2D eigenvalue weighted by Gasteiger charge is 2.22. The van der Waals surface area contributed by atoms with Gasteiger partial charge in [-0.15, -0.1) is 0 Å². The Bertz CT molecular complexity index is 836. The first-order valence-corrected chi connectivity index (χ1v) is 9.42. The van der Waals surface area contributed by atoms with Gasteiger partial charge in [0.2, 0.25) is 0 Å². The molecular weight excluding hydrogens is 359 g/mol. The van der Waals surface area contributed by atoms with Gasteiger partial charge < -0.3 is 13.9 Å². The summed E-state index contributed by atoms with van der Waals surface area (Å²) in [6.45, 7) is 0.463. The molecule has 0 saturated heterocycles. The number of benzene rings is 1. The molecule has 3 N–H and O–H groups in total. The molecule has 3 aromatic rings. The van der Waals surface area contributed by atoms with E-state index in [2.05, 4.69) is 15.3 Å². The lowest BCUT2D eigenvalue weighted by molar-refractivity contribution is -0.384. The molecule has 10 heteroatoms. The van der Waals surface area contributed by atoms with Crippen molar-refractivity contribution in [2.75, 3.05) is 5.09 Å². The molecule has 0 radical (unpaired) electrons. The van der Waals surface area contributed by atoms with Gasteiger partial charge in [-0.2, -0.15) is 0 Å². The van der Waals surface area contributed by atoms with Crippen LogP contribution in [0.3, 0.4) is 0 Å². The third kappa shape index (κ3) is 4.82. The van der Waals surface area contributed by atoms with E-state index in [9.17, 15) is 14.7 Å². The molecule has 0 spiro atoms. The minimum Gasteiger partial charge on any atom is -0.468 e. The number of non-ortho nitro benzene ring substituents is 1. The molecule has 2 aromatic heterocycles. The molecule has 9 nitrogen and oxygen atoms in total. The Hall–Kier alpha value is -2.87. The van der Waals surface area contributed by atoms with Crippen molar-refractivity contribution in [1.82, 2.24) is 10.2 Å². The van der Waals surface area contributed by atoms with Crippen molar-refractivity contribution in [3.63, 3.8) is 0 Å². The summed E-state index contributed by atoms with van der Waals surface area (Å²) in [5.74, 6) is 1.24. The van der Waals surface area contributed by atoms with Crippen molar-refractivity contribution < 1.29 is 18.3 Å². The summed E-state index contributed by atoms with van der Waals surface area (Å²) >= 11 is 0. The third-order valence-corrected chi connectivity index (χ3v) is 5.26. The lowest BCUT2D eigenvalue weighted by atomic mass is 10.3. The molecule has 0 aliphatic carbocycles. The Morgan fingerprint density at radius 3 is 1.88 bits per heavy atom. The first kappa shape index (κ1) is 17.9. The van der Waals surface area contributed by atoms with Crippen molar-refractivity contribution in [1.29, 1.82) is 0 Å². The predicted octanol–water partition coefficient (Wildman–Crippen LogP) is 3.88. The average molecular weight is 376 g/mol. The number of hydrogen-bond donors (Lipinski definition) is 3. The fourth-order valence-electron chi connectivity index (χ4n) is 2.18. The highest BCUT2D eigenvalue weighted by Crippen LogP contribution is 2.38. The first-order valence-electron chi connectivity index (χ1n) is 7.72. The summed E-state index contributed by atoms with van der Waals surface area (Å²) in [5.41, 5.74) is 0.426. The first-order chi connectivity index (χ1) is 12.5. The molecule has 2 heterocycles. The van der Waals surface area contributed by atoms with Crippen LogP contribution < -0.4 is 15.3 Å². The highest BCUT2D eigenvalue weighted by atomic mass is 31.2. The van der Waals surface area contributed by atoms with Crippen LogP contribution in [-0.2, 0) is 17.7 Å². The average Bonchev–Trinajstić information content (AvgIpc) is 3.33. The fourth-order valence-corrected chi connectivity index (χ4v) is 3.72. The predicted molar refractivity (Wildman–Crippen MR) is 95.4 cm³/mol. The lowest BCUT2D eigenvalue weighted by Gasteiger charge is -2.22. The van der Waals surface area contributed by atoms with Gasteiger partial charge >= 0.3 is 7.59 Å². The van der Waals surface area contributed by atoms with Gasteiger partial charge in [0.1, 0.15) is 11.5 Å². The van der Waals surface area contributed by atoms with Gasteiger partial charge in [0, 0.05) is 17.8 Å². The van der Waals surface area contributed by atoms with E-state index in [1.165, 1.54) is 36.8 Å². The second-order valence-electron chi connectivity index (χ2n) is 5.35. The van der Waals surface area contributed by atoms with Gasteiger partial charge in [0.25, 0.3) is 5.69 Å². The molecular formula is C16H17N4O5P. The Morgan fingerprint density at radius 2 is 1.46 bits per heavy atom. The summed E-state index contributed by atoms with van der Waals surface area (Å²) in [7, 11) is -3.30. The molecule has 0 aliphatic rings. The topological polar surface area (TPSA) is 123 Å². The summed E-state index contributed by atoms with van der Waals surface area (Å²) in [6.07, 6.45) is 3.06. The Labute approximate surface area is 149 Å². The van der Waals surface area contributed by atoms with Gasteiger partial charge in [-0.1, -0.05) is 0 Å². The molecule has 0 aliphatic heterocycles. The van der Waals surface area contributed by atoms with Gasteiger partial charge in [-0.05, 0) is 36.4 Å². The molecule has 1 aromatic carbocycles. The van der Waals surface area contributed by atoms with Crippen LogP contribution >= 0.6 is 7.59 Å². The summed E-state index contributed by atoms with van der Waals surface area (Å²) in [5, 5.41) is 19.4. The monoisotopic (exact) mass is 376 g/mol. The molecule has 0 unspecified atom stereocenters. The number of furan rings is 2. The quantitative estimate of drug-likeness (QED) is 0.292. The van der Waals surface area contributed by atoms with Gasteiger partial charge in [-0.25, -0.2) is 10.2 Å². The van der Waals surface area contributed by atoms with Crippen LogP contribution in [0.4, 0.5) is 11.4 Å². The maximum Gasteiger partial charge on any atom is 0.304 e. The fraction of sp³-hybridized carbons (Fsp3) is 0.125. The Balaban J connectivity index is 1.72. The molecule has 0 saturated carbocycles. The van der Waals surface area contributed by atoms with E-state index in [0.29, 0.717) is 17.2 Å². The van der Waals surface area contributed by atoms with E-state index >= 15 is 0 Å². The molecule has 0 amide bonds. The zero-order valence-electron chi connectivity index (χ0n) is 13.6. The number of nitrogens with zero attached hydrogens (tertiary/aromatic N) is 1. The number of nitrogens with one attached hydrogen (secondary N) is 3. The molecule has 0 bridgehead atoms. The van der Waals surface area contributed by atoms with E-state index in [4.69, 9.17) is 8.83 Å². The van der Waals surface area contributed by atoms with Gasteiger partial charge in [0.15, 0.2) is 0 Å². The minimum absolute atomic E-state index is 0.0440. The van der Waals surface area contributed by atoms with Gasteiger partial charge in [-0.3, -0.25) is 14.7 Å². The summed E-state index contributed by atoms with van der Waals surface area (Å²) < 4.78 is 23.7. The third-order valence-electron chi connectivity index (χ3n) is 3.48. The lowest BCUT2D eigenvalue weighted by Crippen LogP contribution is -2.26. The van der Waals surface area contributed by atoms with E-state index in [1.54, 1.807) is 24.3 Å². The van der Waals surface area contributed by atoms with Crippen LogP contribution in [0.15, 0.2) is 69.9 Å². The van der Waals surface area contributed by atoms with Crippen LogP contribution in [0.5, 0.6) is 0 Å². The maximum atomic E-state index is 13.2. The zero-order chi connectivity index (χ0) is 18.4. The van der Waals surface area contributed by atoms with E-state index < -0.39 is 12.5 Å². The second kappa shape index (κ2) is 8.01. The van der Waals surface area contributed by atoms with E-state index in [-0.39, 0.29) is 18.8 Å². The van der Waals surface area contributed by atoms with Crippen molar-refractivity contribution in [3.05, 3.63) is 82.7 Å². The van der Waals surface area contributed by atoms with Crippen molar-refractivity contribution in [2.45, 2.75) is 13.1 Å². The van der Waals surface area contributed by atoms with Crippen molar-refractivity contribution in [3.8, 4) is 0 Å². The van der Waals surface area contributed by atoms with Crippen LogP contribution in [0.25, 0.3) is 0 Å². The smallest absolute Gasteiger partial charge is 0.304 e. The summed E-state index contributed by atoms with van der Waals surface area (Å²) in [6, 6.07) is 12.7. The summed E-state index contributed by atoms with van der Waals surface area (Å²) in [4.78, 5) is 10.3. The van der Waals surface area contributed by atoms with Crippen LogP contribution in [-0.4, -0.2) is 4.92 Å². The number of hydrogen-bond acceptors (Lipinski definition) is 5. The normalized spacial score (nSPS) is 11.4. The highest BCUT2D eigenvalue weighted by molar-refractivity contribution is 7.61. The molecule has 0 atom stereocenters. The van der Waals surface area contributed by atoms with Gasteiger partial charge in [0.05, 0.1) is 30.5 Å². The largest absolute Gasteiger partial charge is 0.468 e. The number of nitro benzene ring substituents is 1. The minimum atomic E-state index is -3.30. The van der Waals surface area contributed by atoms with Crippen LogP contribution in [0.1, 0.15) is 11.5 Å². The maximum absolute atomic E-state index is 13.2. The Kier molecular flexibility index (Phi) is 5.52. The molecule has 136 valence electrons. The zero-order valence-corrected chi connectivity index (χ0v) is 14.5. The SMILES string of the molecule is O=[N+]([O-])c1ccc(NP(=O)(NCc2ccco2)NCc2ccco2)cc1. The second-order valence-corrected chi connectivity index (χ2v) is 7.43. The molecule has 26 heavy (non-hydrogen) atoms. The van der Waals surface area contributed by atoms with Crippen molar-refractivity contribution in [2.24, 2.45) is 0 Å². The molecule has 3 rings (SSSR count). The van der Waals surface area contributed by atoms with E-state index in [1.807, 2.05) is 0 Å². The van der Waals surface area contributed by atoms with Crippen LogP contribution in [0.2, 0.25) is 0 Å². The number of rotatable bonds is 9. The van der Waals surface area contributed by atoms with E-state index in [0.717, 1.165) is 0 Å². The van der Waals surface area contributed by atoms with Crippen molar-refractivity contribution >= 4 is 19.0 Å². The number of nitro groups is 1. The van der Waals surface area contributed by atoms with Crippen LogP contribution in [0, 0.1) is 10.1 Å².